The van der Waals surface area contributed by atoms with Crippen LogP contribution in [0.25, 0.3) is 5.69 Å². The molecule has 1 saturated heterocycles. The molecule has 3 rings (SSSR count). The summed E-state index contributed by atoms with van der Waals surface area (Å²) in [5.41, 5.74) is 1.34. The van der Waals surface area contributed by atoms with Crippen molar-refractivity contribution < 1.29 is 9.59 Å². The molecule has 1 N–H and O–H groups in total. The number of likely N-dealkylation sites (tertiary alicyclic amines) is 1. The highest BCUT2D eigenvalue weighted by molar-refractivity contribution is 7.80. The summed E-state index contributed by atoms with van der Waals surface area (Å²) in [6.45, 7) is 1.08. The lowest BCUT2D eigenvalue weighted by Gasteiger charge is -2.24. The first-order valence-corrected chi connectivity index (χ1v) is 8.63. The molecule has 1 fully saturated rings. The minimum Gasteiger partial charge on any atom is -0.353 e. The van der Waals surface area contributed by atoms with E-state index >= 15 is 0 Å². The van der Waals surface area contributed by atoms with E-state index in [2.05, 4.69) is 22.9 Å². The van der Waals surface area contributed by atoms with Gasteiger partial charge >= 0.3 is 0 Å². The summed E-state index contributed by atoms with van der Waals surface area (Å²) in [5.74, 6) is 0.299. The smallest absolute Gasteiger partial charge is 0.273 e. The molecule has 1 unspecified atom stereocenters. The second kappa shape index (κ2) is 7.53. The second-order valence-electron chi connectivity index (χ2n) is 5.66. The molecule has 0 spiro atoms. The number of rotatable bonds is 5. The summed E-state index contributed by atoms with van der Waals surface area (Å²) in [7, 11) is 0. The van der Waals surface area contributed by atoms with E-state index in [1.54, 1.807) is 22.0 Å². The molecular weight excluding hydrogens is 324 g/mol. The SMILES string of the molecule is O=C(NCCS)C1CCCN1C(=O)c1cncn1-c1ccccc1. The molecule has 6 nitrogen and oxygen atoms in total. The van der Waals surface area contributed by atoms with Crippen LogP contribution >= 0.6 is 12.6 Å². The Labute approximate surface area is 146 Å². The fourth-order valence-electron chi connectivity index (χ4n) is 2.97. The maximum absolute atomic E-state index is 13.0. The first-order chi connectivity index (χ1) is 11.7. The number of imidazole rings is 1. The van der Waals surface area contributed by atoms with Gasteiger partial charge in [0.05, 0.1) is 12.5 Å². The van der Waals surface area contributed by atoms with Crippen LogP contribution in [0.4, 0.5) is 0 Å². The Morgan fingerprint density at radius 2 is 2.08 bits per heavy atom. The van der Waals surface area contributed by atoms with Crippen LogP contribution in [0.1, 0.15) is 23.3 Å². The molecule has 126 valence electrons. The number of hydrogen-bond acceptors (Lipinski definition) is 4. The number of thiol groups is 1. The molecule has 24 heavy (non-hydrogen) atoms. The van der Waals surface area contributed by atoms with E-state index < -0.39 is 6.04 Å². The minimum absolute atomic E-state index is 0.110. The Balaban J connectivity index is 1.82. The van der Waals surface area contributed by atoms with E-state index in [9.17, 15) is 9.59 Å². The molecule has 7 heteroatoms. The normalized spacial score (nSPS) is 17.0. The van der Waals surface area contributed by atoms with Gasteiger partial charge in [-0.3, -0.25) is 14.2 Å². The average Bonchev–Trinajstić information content (AvgIpc) is 3.29. The molecule has 1 aromatic heterocycles. The lowest BCUT2D eigenvalue weighted by molar-refractivity contribution is -0.124. The topological polar surface area (TPSA) is 67.2 Å². The van der Waals surface area contributed by atoms with E-state index in [1.165, 1.54) is 0 Å². The number of benzene rings is 1. The van der Waals surface area contributed by atoms with Crippen molar-refractivity contribution >= 4 is 24.4 Å². The van der Waals surface area contributed by atoms with Crippen molar-refractivity contribution in [3.63, 3.8) is 0 Å². The monoisotopic (exact) mass is 344 g/mol. The van der Waals surface area contributed by atoms with Crippen LogP contribution in [-0.2, 0) is 4.79 Å². The van der Waals surface area contributed by atoms with Gasteiger partial charge in [-0.05, 0) is 25.0 Å². The molecule has 2 aromatic rings. The maximum atomic E-state index is 13.0. The third-order valence-electron chi connectivity index (χ3n) is 4.12. The predicted octanol–water partition coefficient (Wildman–Crippen LogP) is 1.52. The minimum atomic E-state index is -0.420. The number of nitrogens with one attached hydrogen (secondary N) is 1. The second-order valence-corrected chi connectivity index (χ2v) is 6.10. The zero-order valence-electron chi connectivity index (χ0n) is 13.3. The zero-order valence-corrected chi connectivity index (χ0v) is 14.2. The third-order valence-corrected chi connectivity index (χ3v) is 4.34. The summed E-state index contributed by atoms with van der Waals surface area (Å²) >= 11 is 4.10. The van der Waals surface area contributed by atoms with Crippen molar-refractivity contribution in [2.45, 2.75) is 18.9 Å². The molecule has 0 bridgehead atoms. The van der Waals surface area contributed by atoms with Crippen LogP contribution in [0.2, 0.25) is 0 Å². The Morgan fingerprint density at radius 1 is 1.29 bits per heavy atom. The van der Waals surface area contributed by atoms with Gasteiger partial charge in [-0.25, -0.2) is 4.98 Å². The molecule has 1 aliphatic heterocycles. The van der Waals surface area contributed by atoms with E-state index in [0.29, 0.717) is 31.0 Å². The molecular formula is C17H20N4O2S. The van der Waals surface area contributed by atoms with Crippen molar-refractivity contribution in [2.75, 3.05) is 18.8 Å². The van der Waals surface area contributed by atoms with Gasteiger partial charge in [0, 0.05) is 24.5 Å². The highest BCUT2D eigenvalue weighted by atomic mass is 32.1. The summed E-state index contributed by atoms with van der Waals surface area (Å²) in [5, 5.41) is 2.82. The number of amides is 2. The number of nitrogens with zero attached hydrogens (tertiary/aromatic N) is 3. The molecule has 1 aliphatic rings. The molecule has 0 saturated carbocycles. The molecule has 0 radical (unpaired) electrons. The highest BCUT2D eigenvalue weighted by Gasteiger charge is 2.35. The van der Waals surface area contributed by atoms with Gasteiger partial charge in [0.25, 0.3) is 5.91 Å². The predicted molar refractivity (Wildman–Crippen MR) is 94.5 cm³/mol. The Hall–Kier alpha value is -2.28. The van der Waals surface area contributed by atoms with Gasteiger partial charge in [-0.1, -0.05) is 18.2 Å². The summed E-state index contributed by atoms with van der Waals surface area (Å²) in [6.07, 6.45) is 4.68. The quantitative estimate of drug-likeness (QED) is 0.808. The fraction of sp³-hybridized carbons (Fsp3) is 0.353. The van der Waals surface area contributed by atoms with Gasteiger partial charge in [-0.2, -0.15) is 12.6 Å². The first-order valence-electron chi connectivity index (χ1n) is 7.99. The van der Waals surface area contributed by atoms with E-state index in [0.717, 1.165) is 12.1 Å². The van der Waals surface area contributed by atoms with Crippen LogP contribution in [0, 0.1) is 0 Å². The van der Waals surface area contributed by atoms with Gasteiger partial charge in [0.1, 0.15) is 11.7 Å². The maximum Gasteiger partial charge on any atom is 0.273 e. The van der Waals surface area contributed by atoms with Crippen LogP contribution in [-0.4, -0.2) is 51.1 Å². The molecule has 1 aromatic carbocycles. The Bertz CT molecular complexity index is 716. The number of aromatic nitrogens is 2. The number of para-hydroxylation sites is 1. The lowest BCUT2D eigenvalue weighted by Crippen LogP contribution is -2.46. The van der Waals surface area contributed by atoms with Gasteiger partial charge < -0.3 is 10.2 Å². The summed E-state index contributed by atoms with van der Waals surface area (Å²) in [4.78, 5) is 31.0. The van der Waals surface area contributed by atoms with E-state index in [1.807, 2.05) is 30.3 Å². The van der Waals surface area contributed by atoms with Crippen molar-refractivity contribution in [1.29, 1.82) is 0 Å². The third kappa shape index (κ3) is 3.31. The fourth-order valence-corrected chi connectivity index (χ4v) is 3.09. The zero-order chi connectivity index (χ0) is 16.9. The van der Waals surface area contributed by atoms with Crippen molar-refractivity contribution in [3.05, 3.63) is 48.5 Å². The standard InChI is InChI=1S/C17H20N4O2S/c22-16(19-8-10-24)14-7-4-9-20(14)17(23)15-11-18-12-21(15)13-5-2-1-3-6-13/h1-3,5-6,11-12,14,24H,4,7-10H2,(H,19,22). The van der Waals surface area contributed by atoms with Gasteiger partial charge in [-0.15, -0.1) is 0 Å². The van der Waals surface area contributed by atoms with Crippen molar-refractivity contribution in [3.8, 4) is 5.69 Å². The number of carbonyl (C=O) groups excluding carboxylic acids is 2. The molecule has 0 aliphatic carbocycles. The largest absolute Gasteiger partial charge is 0.353 e. The van der Waals surface area contributed by atoms with Gasteiger partial charge in [0.2, 0.25) is 5.91 Å². The van der Waals surface area contributed by atoms with Crippen LogP contribution in [0.15, 0.2) is 42.9 Å². The first kappa shape index (κ1) is 16.6. The lowest BCUT2D eigenvalue weighted by atomic mass is 10.2. The average molecular weight is 344 g/mol. The van der Waals surface area contributed by atoms with Crippen LogP contribution in [0.3, 0.4) is 0 Å². The van der Waals surface area contributed by atoms with Crippen LogP contribution in [0.5, 0.6) is 0 Å². The summed E-state index contributed by atoms with van der Waals surface area (Å²) in [6, 6.07) is 9.15. The van der Waals surface area contributed by atoms with E-state index in [-0.39, 0.29) is 11.8 Å². The molecule has 2 amide bonds. The van der Waals surface area contributed by atoms with Gasteiger partial charge in [0.15, 0.2) is 0 Å². The highest BCUT2D eigenvalue weighted by Crippen LogP contribution is 2.21. The van der Waals surface area contributed by atoms with E-state index in [4.69, 9.17) is 0 Å². The number of carbonyl (C=O) groups is 2. The Kier molecular flexibility index (Phi) is 5.20. The summed E-state index contributed by atoms with van der Waals surface area (Å²) < 4.78 is 1.75. The Morgan fingerprint density at radius 3 is 2.83 bits per heavy atom. The van der Waals surface area contributed by atoms with Crippen molar-refractivity contribution in [1.82, 2.24) is 19.8 Å². The van der Waals surface area contributed by atoms with Crippen LogP contribution < -0.4 is 5.32 Å². The molecule has 1 atom stereocenters. The van der Waals surface area contributed by atoms with Crippen molar-refractivity contribution in [2.24, 2.45) is 0 Å². The number of hydrogen-bond donors (Lipinski definition) is 2. The molecule has 2 heterocycles.